The van der Waals surface area contributed by atoms with Crippen LogP contribution in [0, 0.1) is 5.92 Å². The zero-order valence-electron chi connectivity index (χ0n) is 11.4. The summed E-state index contributed by atoms with van der Waals surface area (Å²) in [6, 6.07) is 0. The first-order valence-electron chi connectivity index (χ1n) is 7.62. The highest BCUT2D eigenvalue weighted by Gasteiger charge is 2.34. The second-order valence-corrected chi connectivity index (χ2v) is 6.21. The third-order valence-corrected chi connectivity index (χ3v) is 4.83. The lowest BCUT2D eigenvalue weighted by atomic mass is 9.88. The molecule has 1 saturated carbocycles. The molecule has 1 aliphatic carbocycles. The predicted octanol–water partition coefficient (Wildman–Crippen LogP) is 3.27. The number of rotatable bonds is 6. The van der Waals surface area contributed by atoms with Crippen LogP contribution in [0.2, 0.25) is 0 Å². The average molecular weight is 237 g/mol. The Morgan fingerprint density at radius 1 is 1.00 bits per heavy atom. The van der Waals surface area contributed by atoms with Crippen LogP contribution < -0.4 is 0 Å². The van der Waals surface area contributed by atoms with Crippen molar-refractivity contribution in [2.75, 3.05) is 32.7 Å². The van der Waals surface area contributed by atoms with Crippen LogP contribution in [0.4, 0.5) is 0 Å². The molecule has 2 aliphatic rings. The van der Waals surface area contributed by atoms with E-state index in [4.69, 9.17) is 0 Å². The van der Waals surface area contributed by atoms with Gasteiger partial charge in [-0.1, -0.05) is 19.3 Å². The standard InChI is InChI=1S/C15H29N2/c1-16-10-7-13-17(11-5-6-12-17)14-15-8-3-2-4-9-15/h15H,1-14H2/q+1. The molecule has 0 bridgehead atoms. The van der Waals surface area contributed by atoms with Gasteiger partial charge in [-0.25, -0.2) is 0 Å². The number of aliphatic imine (C=N–C) groups is 1. The van der Waals surface area contributed by atoms with Crippen molar-refractivity contribution in [3.8, 4) is 0 Å². The summed E-state index contributed by atoms with van der Waals surface area (Å²) in [5, 5.41) is 0. The van der Waals surface area contributed by atoms with E-state index in [1.54, 1.807) is 0 Å². The van der Waals surface area contributed by atoms with Gasteiger partial charge >= 0.3 is 0 Å². The monoisotopic (exact) mass is 237 g/mol. The molecule has 98 valence electrons. The summed E-state index contributed by atoms with van der Waals surface area (Å²) in [6.07, 6.45) is 11.6. The fraction of sp³-hybridized carbons (Fsp3) is 0.933. The molecule has 2 heteroatoms. The first-order valence-corrected chi connectivity index (χ1v) is 7.62. The lowest BCUT2D eigenvalue weighted by molar-refractivity contribution is -0.920. The molecule has 0 unspecified atom stereocenters. The predicted molar refractivity (Wildman–Crippen MR) is 74.6 cm³/mol. The Hall–Kier alpha value is -0.370. The van der Waals surface area contributed by atoms with Crippen molar-refractivity contribution in [3.63, 3.8) is 0 Å². The smallest absolute Gasteiger partial charge is 0.0815 e. The third-order valence-electron chi connectivity index (χ3n) is 4.83. The minimum absolute atomic E-state index is 0.963. The van der Waals surface area contributed by atoms with E-state index in [1.165, 1.54) is 82.0 Å². The van der Waals surface area contributed by atoms with Gasteiger partial charge in [-0.15, -0.1) is 0 Å². The maximum absolute atomic E-state index is 4.01. The highest BCUT2D eigenvalue weighted by molar-refractivity contribution is 5.22. The Kier molecular flexibility index (Phi) is 5.02. The quantitative estimate of drug-likeness (QED) is 0.382. The van der Waals surface area contributed by atoms with Crippen molar-refractivity contribution in [1.82, 2.24) is 0 Å². The van der Waals surface area contributed by atoms with E-state index in [0.717, 1.165) is 12.5 Å². The van der Waals surface area contributed by atoms with E-state index < -0.39 is 0 Å². The van der Waals surface area contributed by atoms with Crippen molar-refractivity contribution in [2.45, 2.75) is 51.4 Å². The lowest BCUT2D eigenvalue weighted by Gasteiger charge is -2.38. The van der Waals surface area contributed by atoms with Gasteiger partial charge < -0.3 is 9.48 Å². The van der Waals surface area contributed by atoms with Crippen LogP contribution >= 0.6 is 0 Å². The lowest BCUT2D eigenvalue weighted by Crippen LogP contribution is -2.49. The minimum Gasteiger partial charge on any atom is -0.323 e. The first-order chi connectivity index (χ1) is 8.35. The topological polar surface area (TPSA) is 12.4 Å². The summed E-state index contributed by atoms with van der Waals surface area (Å²) >= 11 is 0. The van der Waals surface area contributed by atoms with E-state index >= 15 is 0 Å². The van der Waals surface area contributed by atoms with Gasteiger partial charge in [0.1, 0.15) is 0 Å². The SMILES string of the molecule is C=NCCC[N+]1(CC2CCCCC2)CCCC1. The normalized spacial score (nSPS) is 24.9. The van der Waals surface area contributed by atoms with E-state index in [-0.39, 0.29) is 0 Å². The second-order valence-electron chi connectivity index (χ2n) is 6.21. The largest absolute Gasteiger partial charge is 0.323 e. The fourth-order valence-corrected chi connectivity index (χ4v) is 3.94. The van der Waals surface area contributed by atoms with Crippen LogP contribution in [0.15, 0.2) is 4.99 Å². The number of nitrogens with zero attached hydrogens (tertiary/aromatic N) is 2. The first kappa shape index (κ1) is 13.1. The summed E-state index contributed by atoms with van der Waals surface area (Å²) in [6.45, 7) is 10.3. The van der Waals surface area contributed by atoms with Gasteiger partial charge in [-0.3, -0.25) is 0 Å². The van der Waals surface area contributed by atoms with E-state index in [2.05, 4.69) is 11.7 Å². The Bertz CT molecular complexity index is 225. The number of hydrogen-bond donors (Lipinski definition) is 0. The Labute approximate surface area is 107 Å². The molecule has 0 radical (unpaired) electrons. The summed E-state index contributed by atoms with van der Waals surface area (Å²) in [7, 11) is 0. The molecular formula is C15H29N2+. The molecule has 2 fully saturated rings. The summed E-state index contributed by atoms with van der Waals surface area (Å²) in [4.78, 5) is 4.01. The molecule has 1 saturated heterocycles. The van der Waals surface area contributed by atoms with E-state index in [1.807, 2.05) is 0 Å². The number of hydrogen-bond acceptors (Lipinski definition) is 1. The summed E-state index contributed by atoms with van der Waals surface area (Å²) in [5.41, 5.74) is 0. The molecule has 0 aromatic carbocycles. The number of quaternary nitrogens is 1. The fourth-order valence-electron chi connectivity index (χ4n) is 3.94. The zero-order chi connectivity index (χ0) is 12.0. The molecule has 1 heterocycles. The molecule has 0 aromatic heterocycles. The van der Waals surface area contributed by atoms with Crippen LogP contribution in [0.5, 0.6) is 0 Å². The highest BCUT2D eigenvalue weighted by atomic mass is 15.4. The molecular weight excluding hydrogens is 208 g/mol. The highest BCUT2D eigenvalue weighted by Crippen LogP contribution is 2.30. The van der Waals surface area contributed by atoms with Crippen LogP contribution in [-0.4, -0.2) is 43.9 Å². The number of likely N-dealkylation sites (tertiary alicyclic amines) is 1. The van der Waals surface area contributed by atoms with Crippen LogP contribution in [-0.2, 0) is 0 Å². The van der Waals surface area contributed by atoms with Gasteiger partial charge in [0.05, 0.1) is 26.2 Å². The van der Waals surface area contributed by atoms with Crippen LogP contribution in [0.3, 0.4) is 0 Å². The summed E-state index contributed by atoms with van der Waals surface area (Å²) in [5.74, 6) is 1.03. The molecule has 1 aliphatic heterocycles. The average Bonchev–Trinajstić information content (AvgIpc) is 2.80. The molecule has 2 nitrogen and oxygen atoms in total. The van der Waals surface area contributed by atoms with Gasteiger partial charge in [0.2, 0.25) is 0 Å². The molecule has 0 atom stereocenters. The molecule has 17 heavy (non-hydrogen) atoms. The Morgan fingerprint density at radius 2 is 1.71 bits per heavy atom. The van der Waals surface area contributed by atoms with Gasteiger partial charge in [0, 0.05) is 31.7 Å². The molecule has 2 rings (SSSR count). The molecule has 0 spiro atoms. The molecule has 0 amide bonds. The van der Waals surface area contributed by atoms with Crippen molar-refractivity contribution < 1.29 is 4.48 Å². The van der Waals surface area contributed by atoms with E-state index in [0.29, 0.717) is 0 Å². The Balaban J connectivity index is 1.84. The van der Waals surface area contributed by atoms with Crippen molar-refractivity contribution in [2.24, 2.45) is 10.9 Å². The molecule has 0 N–H and O–H groups in total. The van der Waals surface area contributed by atoms with Crippen molar-refractivity contribution in [1.29, 1.82) is 0 Å². The third kappa shape index (κ3) is 3.80. The van der Waals surface area contributed by atoms with Crippen LogP contribution in [0.1, 0.15) is 51.4 Å². The maximum Gasteiger partial charge on any atom is 0.0815 e. The second kappa shape index (κ2) is 6.53. The van der Waals surface area contributed by atoms with Gasteiger partial charge in [-0.05, 0) is 19.6 Å². The van der Waals surface area contributed by atoms with E-state index in [9.17, 15) is 0 Å². The zero-order valence-corrected chi connectivity index (χ0v) is 11.4. The molecule has 0 aromatic rings. The van der Waals surface area contributed by atoms with Gasteiger partial charge in [0.25, 0.3) is 0 Å². The maximum atomic E-state index is 4.01. The van der Waals surface area contributed by atoms with Gasteiger partial charge in [-0.2, -0.15) is 0 Å². The Morgan fingerprint density at radius 3 is 2.35 bits per heavy atom. The van der Waals surface area contributed by atoms with Crippen molar-refractivity contribution >= 4 is 6.72 Å². The van der Waals surface area contributed by atoms with Gasteiger partial charge in [0.15, 0.2) is 0 Å². The van der Waals surface area contributed by atoms with Crippen molar-refractivity contribution in [3.05, 3.63) is 0 Å². The minimum atomic E-state index is 0.963. The summed E-state index contributed by atoms with van der Waals surface area (Å²) < 4.78 is 1.42. The van der Waals surface area contributed by atoms with Crippen LogP contribution in [0.25, 0.3) is 0 Å².